The predicted octanol–water partition coefficient (Wildman–Crippen LogP) is 2.81. The van der Waals surface area contributed by atoms with Crippen molar-refractivity contribution in [3.8, 4) is 0 Å². The molecule has 0 spiro atoms. The van der Waals surface area contributed by atoms with Crippen LogP contribution in [0.1, 0.15) is 10.4 Å². The average Bonchev–Trinajstić information content (AvgIpc) is 2.27. The Morgan fingerprint density at radius 1 is 1.39 bits per heavy atom. The maximum absolute atomic E-state index is 11.8. The lowest BCUT2D eigenvalue weighted by Gasteiger charge is -2.15. The van der Waals surface area contributed by atoms with E-state index in [0.29, 0.717) is 17.9 Å². The molecule has 5 heteroatoms. The van der Waals surface area contributed by atoms with E-state index in [1.807, 2.05) is 0 Å². The van der Waals surface area contributed by atoms with Gasteiger partial charge in [-0.25, -0.2) is 4.79 Å². The van der Waals surface area contributed by atoms with E-state index in [1.165, 1.54) is 0 Å². The summed E-state index contributed by atoms with van der Waals surface area (Å²) in [6, 6.07) is 6.12. The zero-order valence-electron chi connectivity index (χ0n) is 11.5. The molecule has 0 fully saturated rings. The molecule has 100 valence electrons. The van der Waals surface area contributed by atoms with Crippen molar-refractivity contribution in [2.24, 2.45) is 0 Å². The Morgan fingerprint density at radius 3 is 2.56 bits per heavy atom. The van der Waals surface area contributed by atoms with E-state index in [9.17, 15) is 4.79 Å². The summed E-state index contributed by atoms with van der Waals surface area (Å²) in [7, 11) is 0.627. The summed E-state index contributed by atoms with van der Waals surface area (Å²) in [6.45, 7) is 7.24. The number of ether oxygens (including phenoxy) is 1. The number of hydrogen-bond acceptors (Lipinski definition) is 4. The molecular formula is C13H22N2O2Si. The van der Waals surface area contributed by atoms with Crippen LogP contribution < -0.4 is 11.1 Å². The normalized spacial score (nSPS) is 11.1. The molecule has 1 aromatic carbocycles. The molecule has 0 bridgehead atoms. The molecule has 0 aliphatic carbocycles. The van der Waals surface area contributed by atoms with Crippen molar-refractivity contribution in [2.45, 2.75) is 25.7 Å². The summed E-state index contributed by atoms with van der Waals surface area (Å²) in [6.07, 6.45) is 0. The summed E-state index contributed by atoms with van der Waals surface area (Å²) in [5, 5.41) is 2.95. The molecule has 1 aromatic rings. The van der Waals surface area contributed by atoms with Gasteiger partial charge in [0, 0.05) is 15.1 Å². The van der Waals surface area contributed by atoms with Gasteiger partial charge in [-0.3, -0.25) is 0 Å². The molecule has 0 saturated carbocycles. The minimum absolute atomic E-state index is 0.303. The van der Waals surface area contributed by atoms with Gasteiger partial charge >= 0.3 is 5.97 Å². The van der Waals surface area contributed by atoms with E-state index in [4.69, 9.17) is 10.5 Å². The van der Waals surface area contributed by atoms with Crippen molar-refractivity contribution in [1.29, 1.82) is 0 Å². The van der Waals surface area contributed by atoms with Crippen molar-refractivity contribution in [3.63, 3.8) is 0 Å². The molecule has 0 aliphatic heterocycles. The second kappa shape index (κ2) is 5.91. The summed E-state index contributed by atoms with van der Waals surface area (Å²) < 4.78 is 5.25. The summed E-state index contributed by atoms with van der Waals surface area (Å²) in [5.41, 5.74) is 7.67. The maximum atomic E-state index is 11.8. The van der Waals surface area contributed by atoms with Crippen molar-refractivity contribution < 1.29 is 9.53 Å². The van der Waals surface area contributed by atoms with Gasteiger partial charge in [0.05, 0.1) is 23.5 Å². The Bertz CT molecular complexity index is 427. The number of nitrogens with two attached hydrogens (primary N) is 1. The molecule has 3 N–H and O–H groups in total. The van der Waals surface area contributed by atoms with E-state index in [-0.39, 0.29) is 5.97 Å². The largest absolute Gasteiger partial charge is 0.462 e. The highest BCUT2D eigenvalue weighted by Crippen LogP contribution is 2.19. The SMILES string of the molecule is CNc1ccc(C(=O)OCC[Si](C)(C)C)cc1N. The lowest BCUT2D eigenvalue weighted by molar-refractivity contribution is 0.0525. The molecule has 18 heavy (non-hydrogen) atoms. The van der Waals surface area contributed by atoms with Crippen molar-refractivity contribution >= 4 is 25.4 Å². The van der Waals surface area contributed by atoms with Crippen LogP contribution in [-0.2, 0) is 4.74 Å². The zero-order chi connectivity index (χ0) is 13.8. The fraction of sp³-hybridized carbons (Fsp3) is 0.462. The number of nitrogen functional groups attached to an aromatic ring is 1. The smallest absolute Gasteiger partial charge is 0.338 e. The monoisotopic (exact) mass is 266 g/mol. The van der Waals surface area contributed by atoms with Gasteiger partial charge in [0.15, 0.2) is 0 Å². The van der Waals surface area contributed by atoms with Crippen LogP contribution in [0.3, 0.4) is 0 Å². The highest BCUT2D eigenvalue weighted by molar-refractivity contribution is 6.76. The first-order valence-corrected chi connectivity index (χ1v) is 9.78. The van der Waals surface area contributed by atoms with E-state index >= 15 is 0 Å². The molecule has 4 nitrogen and oxygen atoms in total. The topological polar surface area (TPSA) is 64.3 Å². The van der Waals surface area contributed by atoms with E-state index in [0.717, 1.165) is 11.7 Å². The van der Waals surface area contributed by atoms with Gasteiger partial charge < -0.3 is 15.8 Å². The molecule has 1 rings (SSSR count). The third-order valence-electron chi connectivity index (χ3n) is 2.64. The minimum Gasteiger partial charge on any atom is -0.462 e. The van der Waals surface area contributed by atoms with Gasteiger partial charge in [-0.1, -0.05) is 19.6 Å². The Balaban J connectivity index is 2.59. The van der Waals surface area contributed by atoms with Gasteiger partial charge in [0.2, 0.25) is 0 Å². The quantitative estimate of drug-likeness (QED) is 0.488. The fourth-order valence-corrected chi connectivity index (χ4v) is 2.17. The number of anilines is 2. The van der Waals surface area contributed by atoms with E-state index in [2.05, 4.69) is 25.0 Å². The predicted molar refractivity (Wildman–Crippen MR) is 78.8 cm³/mol. The van der Waals surface area contributed by atoms with E-state index < -0.39 is 8.07 Å². The number of hydrogen-bond donors (Lipinski definition) is 2. The molecule has 0 saturated heterocycles. The Hall–Kier alpha value is -1.49. The van der Waals surface area contributed by atoms with Crippen LogP contribution in [0, 0.1) is 0 Å². The second-order valence-corrected chi connectivity index (χ2v) is 11.1. The van der Waals surface area contributed by atoms with Crippen LogP contribution in [0.2, 0.25) is 25.7 Å². The Morgan fingerprint density at radius 2 is 2.06 bits per heavy atom. The van der Waals surface area contributed by atoms with Crippen LogP contribution >= 0.6 is 0 Å². The van der Waals surface area contributed by atoms with Gasteiger partial charge in [-0.15, -0.1) is 0 Å². The number of carbonyl (C=O) groups excluding carboxylic acids is 1. The second-order valence-electron chi connectivity index (χ2n) is 5.50. The van der Waals surface area contributed by atoms with Gasteiger partial charge in [-0.05, 0) is 24.2 Å². The molecule has 0 unspecified atom stereocenters. The summed E-state index contributed by atoms with van der Waals surface area (Å²) in [5.74, 6) is -0.303. The van der Waals surface area contributed by atoms with E-state index in [1.54, 1.807) is 25.2 Å². The molecule has 0 amide bonds. The maximum Gasteiger partial charge on any atom is 0.338 e. The number of rotatable bonds is 5. The summed E-state index contributed by atoms with van der Waals surface area (Å²) >= 11 is 0. The van der Waals surface area contributed by atoms with Crippen LogP contribution in [0.25, 0.3) is 0 Å². The minimum atomic E-state index is -1.16. The van der Waals surface area contributed by atoms with Crippen molar-refractivity contribution in [3.05, 3.63) is 23.8 Å². The fourth-order valence-electron chi connectivity index (χ4n) is 1.45. The number of esters is 1. The number of carbonyl (C=O) groups is 1. The van der Waals surface area contributed by atoms with Crippen LogP contribution in [-0.4, -0.2) is 27.7 Å². The van der Waals surface area contributed by atoms with Crippen LogP contribution in [0.5, 0.6) is 0 Å². The lowest BCUT2D eigenvalue weighted by Crippen LogP contribution is -2.22. The first-order valence-electron chi connectivity index (χ1n) is 6.08. The lowest BCUT2D eigenvalue weighted by atomic mass is 10.2. The molecule has 0 heterocycles. The molecule has 0 aliphatic rings. The Labute approximate surface area is 110 Å². The Kier molecular flexibility index (Phi) is 4.78. The number of benzene rings is 1. The third-order valence-corrected chi connectivity index (χ3v) is 4.35. The number of nitrogens with one attached hydrogen (secondary N) is 1. The van der Waals surface area contributed by atoms with Gasteiger partial charge in [0.25, 0.3) is 0 Å². The third kappa shape index (κ3) is 4.41. The standard InChI is InChI=1S/C13H22N2O2Si/c1-15-12-6-5-10(9-11(12)14)13(16)17-7-8-18(2,3)4/h5-6,9,15H,7-8,14H2,1-4H3. The van der Waals surface area contributed by atoms with Gasteiger partial charge in [0.1, 0.15) is 0 Å². The van der Waals surface area contributed by atoms with Crippen LogP contribution in [0.4, 0.5) is 11.4 Å². The van der Waals surface area contributed by atoms with Crippen LogP contribution in [0.15, 0.2) is 18.2 Å². The highest BCUT2D eigenvalue weighted by atomic mass is 28.3. The average molecular weight is 266 g/mol. The highest BCUT2D eigenvalue weighted by Gasteiger charge is 2.15. The molecular weight excluding hydrogens is 244 g/mol. The van der Waals surface area contributed by atoms with Gasteiger partial charge in [-0.2, -0.15) is 0 Å². The molecule has 0 aromatic heterocycles. The first-order chi connectivity index (χ1) is 8.33. The first kappa shape index (κ1) is 14.6. The summed E-state index contributed by atoms with van der Waals surface area (Å²) in [4.78, 5) is 11.8. The van der Waals surface area contributed by atoms with Crippen molar-refractivity contribution in [2.75, 3.05) is 24.7 Å². The molecule has 0 atom stereocenters. The zero-order valence-corrected chi connectivity index (χ0v) is 12.5. The molecule has 0 radical (unpaired) electrons. The van der Waals surface area contributed by atoms with Crippen molar-refractivity contribution in [1.82, 2.24) is 0 Å².